The highest BCUT2D eigenvalue weighted by Gasteiger charge is 2.25. The number of hydrogen-bond acceptors (Lipinski definition) is 5. The number of piperidine rings is 1. The maximum atomic E-state index is 14.1. The van der Waals surface area contributed by atoms with Crippen LogP contribution in [-0.2, 0) is 17.9 Å². The Balaban J connectivity index is 1.36. The van der Waals surface area contributed by atoms with Crippen LogP contribution in [-0.4, -0.2) is 40.5 Å². The summed E-state index contributed by atoms with van der Waals surface area (Å²) >= 11 is 0. The Morgan fingerprint density at radius 2 is 1.94 bits per heavy atom. The number of hydrogen-bond donors (Lipinski definition) is 0. The van der Waals surface area contributed by atoms with Crippen molar-refractivity contribution in [1.29, 1.82) is 5.26 Å². The Labute approximate surface area is 198 Å². The highest BCUT2D eigenvalue weighted by atomic mass is 19.1. The van der Waals surface area contributed by atoms with Crippen LogP contribution in [0.2, 0.25) is 0 Å². The molecule has 1 aromatic heterocycles. The van der Waals surface area contributed by atoms with E-state index in [2.05, 4.69) is 5.10 Å². The van der Waals surface area contributed by atoms with Crippen LogP contribution >= 0.6 is 0 Å². The second kappa shape index (κ2) is 10.8. The van der Waals surface area contributed by atoms with Crippen molar-refractivity contribution in [3.05, 3.63) is 71.5 Å². The third-order valence-electron chi connectivity index (χ3n) is 5.93. The molecule has 1 aliphatic rings. The molecule has 1 aliphatic heterocycles. The lowest BCUT2D eigenvalue weighted by molar-refractivity contribution is 0.0799. The smallest absolute Gasteiger partial charge is 0.410 e. The topological polar surface area (TPSA) is 80.4 Å². The molecule has 3 aromatic rings. The van der Waals surface area contributed by atoms with Crippen molar-refractivity contribution in [2.45, 2.75) is 32.9 Å². The Kier molecular flexibility index (Phi) is 7.43. The minimum absolute atomic E-state index is 0.00210. The summed E-state index contributed by atoms with van der Waals surface area (Å²) < 4.78 is 27.1. The highest BCUT2D eigenvalue weighted by Crippen LogP contribution is 2.28. The fourth-order valence-corrected chi connectivity index (χ4v) is 4.05. The van der Waals surface area contributed by atoms with E-state index in [1.165, 1.54) is 12.1 Å². The number of aromatic nitrogens is 2. The molecule has 0 unspecified atom stereocenters. The quantitative estimate of drug-likeness (QED) is 0.493. The second-order valence-electron chi connectivity index (χ2n) is 8.26. The summed E-state index contributed by atoms with van der Waals surface area (Å²) in [7, 11) is 0. The van der Waals surface area contributed by atoms with E-state index in [-0.39, 0.29) is 18.3 Å². The first kappa shape index (κ1) is 23.3. The van der Waals surface area contributed by atoms with E-state index in [9.17, 15) is 9.18 Å². The second-order valence-corrected chi connectivity index (χ2v) is 8.26. The van der Waals surface area contributed by atoms with Gasteiger partial charge in [-0.2, -0.15) is 10.4 Å². The van der Waals surface area contributed by atoms with Gasteiger partial charge in [0.05, 0.1) is 17.9 Å². The van der Waals surface area contributed by atoms with Crippen LogP contribution in [0.3, 0.4) is 0 Å². The largest absolute Gasteiger partial charge is 0.478 e. The average Bonchev–Trinajstić information content (AvgIpc) is 3.26. The van der Waals surface area contributed by atoms with Gasteiger partial charge in [0.25, 0.3) is 0 Å². The van der Waals surface area contributed by atoms with Crippen LogP contribution in [0.5, 0.6) is 5.88 Å². The van der Waals surface area contributed by atoms with Crippen LogP contribution < -0.4 is 4.74 Å². The summed E-state index contributed by atoms with van der Waals surface area (Å²) in [6, 6.07) is 17.7. The van der Waals surface area contributed by atoms with Crippen molar-refractivity contribution >= 4 is 6.09 Å². The molecule has 0 atom stereocenters. The summed E-state index contributed by atoms with van der Waals surface area (Å²) in [4.78, 5) is 14.2. The molecule has 0 bridgehead atoms. The van der Waals surface area contributed by atoms with Gasteiger partial charge in [0.15, 0.2) is 0 Å². The van der Waals surface area contributed by atoms with Gasteiger partial charge in [0.1, 0.15) is 18.5 Å². The van der Waals surface area contributed by atoms with Crippen molar-refractivity contribution in [1.82, 2.24) is 14.7 Å². The number of benzene rings is 2. The number of carbonyl (C=O) groups is 1. The maximum Gasteiger partial charge on any atom is 0.410 e. The predicted octanol–water partition coefficient (Wildman–Crippen LogP) is 5.01. The molecule has 2 aromatic carbocycles. The predicted molar refractivity (Wildman–Crippen MR) is 124 cm³/mol. The van der Waals surface area contributed by atoms with Crippen LogP contribution in [0, 0.1) is 23.1 Å². The number of ether oxygens (including phenoxy) is 2. The third kappa shape index (κ3) is 5.54. The SMILES string of the molecule is CCOc1cc(-c2ccc(C#N)c(F)c2)nn1CC1CCN(C(=O)OCc2ccccc2)CC1. The Morgan fingerprint density at radius 3 is 2.62 bits per heavy atom. The molecule has 0 spiro atoms. The van der Waals surface area contributed by atoms with E-state index in [1.807, 2.05) is 48.0 Å². The minimum Gasteiger partial charge on any atom is -0.478 e. The van der Waals surface area contributed by atoms with E-state index in [1.54, 1.807) is 17.0 Å². The van der Waals surface area contributed by atoms with Crippen LogP contribution in [0.25, 0.3) is 11.3 Å². The molecule has 34 heavy (non-hydrogen) atoms. The zero-order valence-corrected chi connectivity index (χ0v) is 19.1. The van der Waals surface area contributed by atoms with E-state index >= 15 is 0 Å². The minimum atomic E-state index is -0.570. The first-order valence-corrected chi connectivity index (χ1v) is 11.4. The molecule has 1 amide bonds. The number of amides is 1. The standard InChI is InChI=1S/C26H27FN4O3/c1-2-33-25-15-24(21-8-9-22(16-28)23(27)14-21)29-31(25)17-19-10-12-30(13-11-19)26(32)34-18-20-6-4-3-5-7-20/h3-9,14-15,19H,2,10-13,17-18H2,1H3. The normalized spacial score (nSPS) is 14.0. The molecular weight excluding hydrogens is 435 g/mol. The molecule has 176 valence electrons. The van der Waals surface area contributed by atoms with E-state index in [4.69, 9.17) is 14.7 Å². The third-order valence-corrected chi connectivity index (χ3v) is 5.93. The molecule has 4 rings (SSSR count). The fraction of sp³-hybridized carbons (Fsp3) is 0.346. The summed E-state index contributed by atoms with van der Waals surface area (Å²) in [6.45, 7) is 4.54. The van der Waals surface area contributed by atoms with E-state index in [0.29, 0.717) is 49.3 Å². The van der Waals surface area contributed by atoms with Gasteiger partial charge < -0.3 is 14.4 Å². The van der Waals surface area contributed by atoms with Gasteiger partial charge in [-0.15, -0.1) is 0 Å². The monoisotopic (exact) mass is 462 g/mol. The molecule has 1 fully saturated rings. The molecule has 7 nitrogen and oxygen atoms in total. The lowest BCUT2D eigenvalue weighted by Gasteiger charge is -2.31. The van der Waals surface area contributed by atoms with Crippen LogP contribution in [0.1, 0.15) is 30.9 Å². The number of nitrogens with zero attached hydrogens (tertiary/aromatic N) is 4. The lowest BCUT2D eigenvalue weighted by atomic mass is 9.97. The van der Waals surface area contributed by atoms with Crippen LogP contribution in [0.15, 0.2) is 54.6 Å². The summed E-state index contributed by atoms with van der Waals surface area (Å²) in [6.07, 6.45) is 1.36. The lowest BCUT2D eigenvalue weighted by Crippen LogP contribution is -2.39. The highest BCUT2D eigenvalue weighted by molar-refractivity contribution is 5.67. The van der Waals surface area contributed by atoms with Gasteiger partial charge in [-0.3, -0.25) is 0 Å². The molecule has 2 heterocycles. The fourth-order valence-electron chi connectivity index (χ4n) is 4.05. The Morgan fingerprint density at radius 1 is 1.18 bits per heavy atom. The average molecular weight is 463 g/mol. The van der Waals surface area contributed by atoms with Gasteiger partial charge in [0.2, 0.25) is 5.88 Å². The van der Waals surface area contributed by atoms with Gasteiger partial charge in [0, 0.05) is 31.3 Å². The van der Waals surface area contributed by atoms with Gasteiger partial charge >= 0.3 is 6.09 Å². The van der Waals surface area contributed by atoms with E-state index < -0.39 is 5.82 Å². The van der Waals surface area contributed by atoms with Gasteiger partial charge in [-0.1, -0.05) is 36.4 Å². The Bertz CT molecular complexity index is 1160. The first-order valence-electron chi connectivity index (χ1n) is 11.4. The summed E-state index contributed by atoms with van der Waals surface area (Å²) in [5, 5.41) is 13.6. The molecule has 8 heteroatoms. The molecule has 0 saturated carbocycles. The summed E-state index contributed by atoms with van der Waals surface area (Å²) in [5.74, 6) is 0.369. The maximum absolute atomic E-state index is 14.1. The van der Waals surface area contributed by atoms with Crippen molar-refractivity contribution in [2.24, 2.45) is 5.92 Å². The van der Waals surface area contributed by atoms with Gasteiger partial charge in [-0.05, 0) is 43.4 Å². The van der Waals surface area contributed by atoms with Crippen molar-refractivity contribution in [2.75, 3.05) is 19.7 Å². The number of rotatable bonds is 7. The Hall–Kier alpha value is -3.86. The number of nitriles is 1. The molecule has 0 radical (unpaired) electrons. The van der Waals surface area contributed by atoms with Crippen molar-refractivity contribution in [3.8, 4) is 23.2 Å². The van der Waals surface area contributed by atoms with Crippen LogP contribution in [0.4, 0.5) is 9.18 Å². The first-order chi connectivity index (χ1) is 16.6. The molecule has 0 N–H and O–H groups in total. The zero-order chi connectivity index (χ0) is 23.9. The molecular formula is C26H27FN4O3. The van der Waals surface area contributed by atoms with Crippen molar-refractivity contribution < 1.29 is 18.7 Å². The number of halogens is 1. The van der Waals surface area contributed by atoms with E-state index in [0.717, 1.165) is 18.4 Å². The molecule has 1 saturated heterocycles. The van der Waals surface area contributed by atoms with Gasteiger partial charge in [-0.25, -0.2) is 13.9 Å². The number of carbonyl (C=O) groups excluding carboxylic acids is 1. The van der Waals surface area contributed by atoms with Crippen molar-refractivity contribution in [3.63, 3.8) is 0 Å². The number of likely N-dealkylation sites (tertiary alicyclic amines) is 1. The zero-order valence-electron chi connectivity index (χ0n) is 19.1. The summed E-state index contributed by atoms with van der Waals surface area (Å²) in [5.41, 5.74) is 2.15. The molecule has 0 aliphatic carbocycles.